The molecular formula is C15H21ClN2O2. The summed E-state index contributed by atoms with van der Waals surface area (Å²) in [4.78, 5) is 7.79. The molecule has 1 atom stereocenters. The van der Waals surface area contributed by atoms with E-state index in [4.69, 9.17) is 9.57 Å². The lowest BCUT2D eigenvalue weighted by Gasteiger charge is -2.31. The van der Waals surface area contributed by atoms with Crippen LogP contribution in [-0.4, -0.2) is 43.1 Å². The van der Waals surface area contributed by atoms with Crippen molar-refractivity contribution >= 4 is 18.3 Å². The van der Waals surface area contributed by atoms with E-state index in [0.29, 0.717) is 12.5 Å². The molecule has 110 valence electrons. The molecule has 1 aromatic rings. The number of hydrogen-bond donors (Lipinski definition) is 0. The number of likely N-dealkylation sites (tertiary alicyclic amines) is 1. The van der Waals surface area contributed by atoms with Gasteiger partial charge in [0.15, 0.2) is 6.61 Å². The van der Waals surface area contributed by atoms with Gasteiger partial charge in [0.1, 0.15) is 6.10 Å². The van der Waals surface area contributed by atoms with E-state index in [1.807, 2.05) is 30.3 Å². The van der Waals surface area contributed by atoms with Gasteiger partial charge < -0.3 is 9.57 Å². The van der Waals surface area contributed by atoms with E-state index in [1.165, 1.54) is 32.4 Å². The van der Waals surface area contributed by atoms with Crippen LogP contribution in [0.15, 0.2) is 35.5 Å². The summed E-state index contributed by atoms with van der Waals surface area (Å²) in [5.74, 6) is 0.605. The minimum Gasteiger partial charge on any atom is -0.467 e. The maximum atomic E-state index is 5.96. The molecule has 0 saturated carbocycles. The van der Waals surface area contributed by atoms with Crippen LogP contribution in [0.25, 0.3) is 0 Å². The van der Waals surface area contributed by atoms with Crippen molar-refractivity contribution in [2.45, 2.75) is 25.4 Å². The molecule has 0 spiro atoms. The summed E-state index contributed by atoms with van der Waals surface area (Å²) in [5, 5.41) is 4.02. The first kappa shape index (κ1) is 15.1. The normalized spacial score (nSPS) is 23.0. The standard InChI is InChI=1S/C15H20N2O2.ClH/c1-3-7-13(8-4-1)15-16-18-12-14(19-15)11-17-9-5-2-6-10-17;/h1,3-4,7-8,14H,2,5-6,9-12H2;1H. The number of ether oxygens (including phenoxy) is 1. The van der Waals surface area contributed by atoms with E-state index in [0.717, 1.165) is 12.1 Å². The molecule has 0 bridgehead atoms. The molecule has 0 amide bonds. The minimum absolute atomic E-state index is 0. The fourth-order valence-electron chi connectivity index (χ4n) is 2.61. The van der Waals surface area contributed by atoms with Gasteiger partial charge in [-0.3, -0.25) is 4.90 Å². The Labute approximate surface area is 126 Å². The number of oxime groups is 1. The van der Waals surface area contributed by atoms with Crippen molar-refractivity contribution in [3.8, 4) is 0 Å². The van der Waals surface area contributed by atoms with E-state index < -0.39 is 0 Å². The molecule has 1 saturated heterocycles. The van der Waals surface area contributed by atoms with Crippen LogP contribution in [0.4, 0.5) is 0 Å². The second-order valence-electron chi connectivity index (χ2n) is 5.16. The molecule has 0 aromatic heterocycles. The molecule has 0 radical (unpaired) electrons. The Morgan fingerprint density at radius 2 is 1.85 bits per heavy atom. The number of hydrogen-bond acceptors (Lipinski definition) is 4. The van der Waals surface area contributed by atoms with Crippen molar-refractivity contribution in [3.05, 3.63) is 35.9 Å². The number of halogens is 1. The van der Waals surface area contributed by atoms with E-state index in [-0.39, 0.29) is 18.5 Å². The van der Waals surface area contributed by atoms with Gasteiger partial charge in [-0.15, -0.1) is 12.4 Å². The van der Waals surface area contributed by atoms with E-state index >= 15 is 0 Å². The molecule has 5 heteroatoms. The quantitative estimate of drug-likeness (QED) is 0.860. The Morgan fingerprint density at radius 3 is 2.60 bits per heavy atom. The average Bonchev–Trinajstić information content (AvgIpc) is 2.49. The van der Waals surface area contributed by atoms with Gasteiger partial charge >= 0.3 is 0 Å². The van der Waals surface area contributed by atoms with Crippen LogP contribution in [0.1, 0.15) is 24.8 Å². The molecule has 0 N–H and O–H groups in total. The third-order valence-electron chi connectivity index (χ3n) is 3.62. The zero-order valence-electron chi connectivity index (χ0n) is 11.5. The lowest BCUT2D eigenvalue weighted by Crippen LogP contribution is -2.41. The van der Waals surface area contributed by atoms with Crippen LogP contribution in [0.2, 0.25) is 0 Å². The highest BCUT2D eigenvalue weighted by molar-refractivity contribution is 5.94. The van der Waals surface area contributed by atoms with Crippen molar-refractivity contribution < 1.29 is 9.57 Å². The fourth-order valence-corrected chi connectivity index (χ4v) is 2.61. The van der Waals surface area contributed by atoms with Gasteiger partial charge in [-0.1, -0.05) is 24.6 Å². The number of benzene rings is 1. The van der Waals surface area contributed by atoms with Gasteiger partial charge in [0, 0.05) is 12.1 Å². The summed E-state index contributed by atoms with van der Waals surface area (Å²) in [6.45, 7) is 3.84. The predicted octanol–water partition coefficient (Wildman–Crippen LogP) is 2.67. The van der Waals surface area contributed by atoms with Gasteiger partial charge in [-0.2, -0.15) is 0 Å². The molecule has 2 aliphatic rings. The Hall–Kier alpha value is -1.26. The summed E-state index contributed by atoms with van der Waals surface area (Å²) < 4.78 is 5.96. The van der Waals surface area contributed by atoms with E-state index in [9.17, 15) is 0 Å². The topological polar surface area (TPSA) is 34.1 Å². The van der Waals surface area contributed by atoms with Crippen LogP contribution in [-0.2, 0) is 9.57 Å². The van der Waals surface area contributed by atoms with Crippen molar-refractivity contribution in [1.82, 2.24) is 4.90 Å². The largest absolute Gasteiger partial charge is 0.467 e. The number of nitrogens with zero attached hydrogens (tertiary/aromatic N) is 2. The first-order valence-electron chi connectivity index (χ1n) is 7.06. The summed E-state index contributed by atoms with van der Waals surface area (Å²) in [6, 6.07) is 9.93. The summed E-state index contributed by atoms with van der Waals surface area (Å²) in [6.07, 6.45) is 4.04. The molecule has 4 nitrogen and oxygen atoms in total. The molecule has 0 aliphatic carbocycles. The summed E-state index contributed by atoms with van der Waals surface area (Å²) >= 11 is 0. The smallest absolute Gasteiger partial charge is 0.258 e. The lowest BCUT2D eigenvalue weighted by atomic mass is 10.1. The van der Waals surface area contributed by atoms with Gasteiger partial charge in [-0.25, -0.2) is 0 Å². The van der Waals surface area contributed by atoms with E-state index in [2.05, 4.69) is 10.1 Å². The second kappa shape index (κ2) is 7.50. The van der Waals surface area contributed by atoms with Crippen molar-refractivity contribution in [2.75, 3.05) is 26.2 Å². The highest BCUT2D eigenvalue weighted by Crippen LogP contribution is 2.14. The van der Waals surface area contributed by atoms with Crippen molar-refractivity contribution in [1.29, 1.82) is 0 Å². The highest BCUT2D eigenvalue weighted by atomic mass is 35.5. The highest BCUT2D eigenvalue weighted by Gasteiger charge is 2.23. The monoisotopic (exact) mass is 296 g/mol. The second-order valence-corrected chi connectivity index (χ2v) is 5.16. The summed E-state index contributed by atoms with van der Waals surface area (Å²) in [5.41, 5.74) is 0.978. The predicted molar refractivity (Wildman–Crippen MR) is 81.3 cm³/mol. The SMILES string of the molecule is Cl.c1ccc(C2=NOCC(CN3CCCCC3)O2)cc1. The van der Waals surface area contributed by atoms with Crippen LogP contribution in [0.5, 0.6) is 0 Å². The van der Waals surface area contributed by atoms with Crippen LogP contribution in [0.3, 0.4) is 0 Å². The Bertz CT molecular complexity index is 433. The molecular weight excluding hydrogens is 276 g/mol. The Kier molecular flexibility index (Phi) is 5.68. The maximum Gasteiger partial charge on any atom is 0.258 e. The Balaban J connectivity index is 0.00000147. The summed E-state index contributed by atoms with van der Waals surface area (Å²) in [7, 11) is 0. The van der Waals surface area contributed by atoms with Crippen LogP contribution < -0.4 is 0 Å². The first-order chi connectivity index (χ1) is 9.42. The zero-order valence-corrected chi connectivity index (χ0v) is 12.3. The van der Waals surface area contributed by atoms with Gasteiger partial charge in [0.2, 0.25) is 0 Å². The molecule has 1 fully saturated rings. The van der Waals surface area contributed by atoms with Crippen molar-refractivity contribution in [3.63, 3.8) is 0 Å². The molecule has 1 aromatic carbocycles. The minimum atomic E-state index is 0. The molecule has 20 heavy (non-hydrogen) atoms. The van der Waals surface area contributed by atoms with Gasteiger partial charge in [0.25, 0.3) is 5.90 Å². The Morgan fingerprint density at radius 1 is 1.10 bits per heavy atom. The van der Waals surface area contributed by atoms with Gasteiger partial charge in [0.05, 0.1) is 0 Å². The third-order valence-corrected chi connectivity index (χ3v) is 3.62. The van der Waals surface area contributed by atoms with Crippen molar-refractivity contribution in [2.24, 2.45) is 5.16 Å². The van der Waals surface area contributed by atoms with Crippen LogP contribution in [0, 0.1) is 0 Å². The molecule has 2 aliphatic heterocycles. The number of rotatable bonds is 3. The number of piperidine rings is 1. The van der Waals surface area contributed by atoms with Gasteiger partial charge in [-0.05, 0) is 43.2 Å². The molecule has 3 rings (SSSR count). The lowest BCUT2D eigenvalue weighted by molar-refractivity contribution is -0.00828. The zero-order chi connectivity index (χ0) is 12.9. The van der Waals surface area contributed by atoms with Crippen LogP contribution >= 0.6 is 12.4 Å². The van der Waals surface area contributed by atoms with E-state index in [1.54, 1.807) is 0 Å². The molecule has 1 unspecified atom stereocenters. The maximum absolute atomic E-state index is 5.96. The average molecular weight is 297 g/mol. The third kappa shape index (κ3) is 3.87. The molecule has 2 heterocycles. The first-order valence-corrected chi connectivity index (χ1v) is 7.06. The fraction of sp³-hybridized carbons (Fsp3) is 0.533.